The second-order valence-electron chi connectivity index (χ2n) is 10.2. The lowest BCUT2D eigenvalue weighted by Crippen LogP contribution is -2.17. The minimum atomic E-state index is -0.485. The Kier molecular flexibility index (Phi) is 8.28. The number of nitrogens with zero attached hydrogens (tertiary/aromatic N) is 1. The Morgan fingerprint density at radius 1 is 1.00 bits per heavy atom. The van der Waals surface area contributed by atoms with Gasteiger partial charge < -0.3 is 15.0 Å². The molecule has 0 bridgehead atoms. The van der Waals surface area contributed by atoms with E-state index < -0.39 is 5.97 Å². The normalized spacial score (nSPS) is 12.7. The molecule has 0 unspecified atom stereocenters. The lowest BCUT2D eigenvalue weighted by atomic mass is 9.89. The van der Waals surface area contributed by atoms with Crippen molar-refractivity contribution in [2.75, 3.05) is 17.7 Å². The topological polar surface area (TPSA) is 101 Å². The first-order valence-corrected chi connectivity index (χ1v) is 16.6. The molecular weight excluding hydrogens is 587 g/mol. The molecular formula is C32H29N3O4S3. The van der Waals surface area contributed by atoms with Crippen LogP contribution >= 0.6 is 34.4 Å². The molecule has 0 saturated heterocycles. The Balaban J connectivity index is 1.19. The van der Waals surface area contributed by atoms with E-state index in [1.165, 1.54) is 46.6 Å². The first-order chi connectivity index (χ1) is 20.4. The summed E-state index contributed by atoms with van der Waals surface area (Å²) in [7, 11) is 0. The fourth-order valence-corrected chi connectivity index (χ4v) is 7.85. The van der Waals surface area contributed by atoms with Gasteiger partial charge in [-0.05, 0) is 61.8 Å². The number of H-pyrrole nitrogens is 1. The van der Waals surface area contributed by atoms with Crippen molar-refractivity contribution in [1.29, 1.82) is 0 Å². The van der Waals surface area contributed by atoms with E-state index in [4.69, 9.17) is 4.74 Å². The van der Waals surface area contributed by atoms with Crippen molar-refractivity contribution in [3.63, 3.8) is 0 Å². The third kappa shape index (κ3) is 5.79. The van der Waals surface area contributed by atoms with Crippen molar-refractivity contribution in [3.05, 3.63) is 85.8 Å². The van der Waals surface area contributed by atoms with Gasteiger partial charge in [0.1, 0.15) is 15.4 Å². The summed E-state index contributed by atoms with van der Waals surface area (Å²) in [6.45, 7) is 3.97. The van der Waals surface area contributed by atoms with Gasteiger partial charge in [0.05, 0.1) is 17.7 Å². The number of rotatable bonds is 8. The van der Waals surface area contributed by atoms with Gasteiger partial charge in [-0.1, -0.05) is 59.8 Å². The maximum Gasteiger partial charge on any atom is 0.341 e. The zero-order chi connectivity index (χ0) is 29.2. The molecule has 0 spiro atoms. The molecule has 10 heteroatoms. The smallest absolute Gasteiger partial charge is 0.341 e. The average molecular weight is 616 g/mol. The summed E-state index contributed by atoms with van der Waals surface area (Å²) in [5.74, 6) is -0.787. The second kappa shape index (κ2) is 12.2. The highest BCUT2D eigenvalue weighted by Gasteiger charge is 2.23. The molecule has 7 nitrogen and oxygen atoms in total. The molecule has 1 amide bonds. The van der Waals surface area contributed by atoms with Crippen molar-refractivity contribution in [2.24, 2.45) is 0 Å². The number of benzene rings is 2. The maximum absolute atomic E-state index is 13.2. The number of fused-ring (bicyclic) bond motifs is 2. The Morgan fingerprint density at radius 2 is 1.74 bits per heavy atom. The Hall–Kier alpha value is -3.73. The summed E-state index contributed by atoms with van der Waals surface area (Å²) in [6, 6.07) is 14.3. The van der Waals surface area contributed by atoms with E-state index in [0.717, 1.165) is 46.9 Å². The van der Waals surface area contributed by atoms with Gasteiger partial charge in [0, 0.05) is 21.9 Å². The molecule has 1 aliphatic carbocycles. The standard InChI is InChI=1S/C32H29N3O4S3/c1-3-39-31(38)27-23(20-10-8-18(2)9-11-20)15-41-30(27)33-25(36)17-42-32-34-28(37)26-24(16-40-29(26)35-32)22-13-12-19-6-4-5-7-21(19)14-22/h8-16H,3-7,17H2,1-2H3,(H,33,36)(H,34,35,37). The summed E-state index contributed by atoms with van der Waals surface area (Å²) < 4.78 is 5.30. The number of esters is 1. The number of anilines is 1. The van der Waals surface area contributed by atoms with E-state index in [-0.39, 0.29) is 23.8 Å². The molecule has 0 saturated carbocycles. The molecule has 0 aliphatic heterocycles. The molecule has 3 heterocycles. The fraction of sp³-hybridized carbons (Fsp3) is 0.250. The number of aryl methyl sites for hydroxylation is 3. The predicted octanol–water partition coefficient (Wildman–Crippen LogP) is 7.47. The monoisotopic (exact) mass is 615 g/mol. The van der Waals surface area contributed by atoms with Gasteiger partial charge in [-0.2, -0.15) is 0 Å². The molecule has 0 radical (unpaired) electrons. The van der Waals surface area contributed by atoms with E-state index in [2.05, 4.69) is 33.5 Å². The molecule has 2 N–H and O–H groups in total. The van der Waals surface area contributed by atoms with Crippen LogP contribution in [-0.2, 0) is 22.4 Å². The first-order valence-electron chi connectivity index (χ1n) is 13.8. The van der Waals surface area contributed by atoms with Crippen LogP contribution in [0.5, 0.6) is 0 Å². The van der Waals surface area contributed by atoms with Crippen LogP contribution in [0.25, 0.3) is 32.5 Å². The van der Waals surface area contributed by atoms with E-state index in [9.17, 15) is 14.4 Å². The summed E-state index contributed by atoms with van der Waals surface area (Å²) in [5.41, 5.74) is 7.50. The van der Waals surface area contributed by atoms with Gasteiger partial charge in [-0.15, -0.1) is 22.7 Å². The quantitative estimate of drug-likeness (QED) is 0.107. The zero-order valence-corrected chi connectivity index (χ0v) is 25.7. The summed E-state index contributed by atoms with van der Waals surface area (Å²) in [4.78, 5) is 47.1. The van der Waals surface area contributed by atoms with Crippen molar-refractivity contribution in [3.8, 4) is 22.3 Å². The molecule has 6 rings (SSSR count). The van der Waals surface area contributed by atoms with Crippen molar-refractivity contribution in [2.45, 2.75) is 44.7 Å². The van der Waals surface area contributed by atoms with Crippen LogP contribution in [0.15, 0.2) is 63.2 Å². The highest BCUT2D eigenvalue weighted by atomic mass is 32.2. The minimum Gasteiger partial charge on any atom is -0.462 e. The van der Waals surface area contributed by atoms with Gasteiger partial charge in [-0.3, -0.25) is 9.59 Å². The van der Waals surface area contributed by atoms with Crippen LogP contribution in [0, 0.1) is 6.92 Å². The Morgan fingerprint density at radius 3 is 2.52 bits per heavy atom. The number of hydrogen-bond acceptors (Lipinski definition) is 8. The molecule has 1 aliphatic rings. The van der Waals surface area contributed by atoms with Crippen LogP contribution < -0.4 is 10.9 Å². The molecule has 2 aromatic carbocycles. The van der Waals surface area contributed by atoms with Gasteiger partial charge >= 0.3 is 5.97 Å². The Labute approximate surface area is 255 Å². The summed E-state index contributed by atoms with van der Waals surface area (Å²) >= 11 is 3.85. The number of carbonyl (C=O) groups is 2. The molecule has 0 fully saturated rings. The Bertz CT molecular complexity index is 1850. The number of thiophene rings is 2. The first kappa shape index (κ1) is 28.4. The van der Waals surface area contributed by atoms with E-state index >= 15 is 0 Å². The minimum absolute atomic E-state index is 0.0114. The summed E-state index contributed by atoms with van der Waals surface area (Å²) in [5, 5.41) is 8.08. The molecule has 0 atom stereocenters. The maximum atomic E-state index is 13.2. The number of ether oxygens (including phenoxy) is 1. The number of aromatic amines is 1. The van der Waals surface area contributed by atoms with Crippen molar-refractivity contribution >= 4 is 61.5 Å². The van der Waals surface area contributed by atoms with Crippen LogP contribution in [-0.4, -0.2) is 34.2 Å². The van der Waals surface area contributed by atoms with Crippen LogP contribution in [0.4, 0.5) is 5.00 Å². The number of nitrogens with one attached hydrogen (secondary N) is 2. The second-order valence-corrected chi connectivity index (χ2v) is 12.9. The van der Waals surface area contributed by atoms with Crippen molar-refractivity contribution in [1.82, 2.24) is 9.97 Å². The highest BCUT2D eigenvalue weighted by Crippen LogP contribution is 2.37. The molecule has 5 aromatic rings. The van der Waals surface area contributed by atoms with Gasteiger partial charge in [0.2, 0.25) is 5.91 Å². The molecule has 3 aromatic heterocycles. The predicted molar refractivity (Wildman–Crippen MR) is 172 cm³/mol. The van der Waals surface area contributed by atoms with Crippen molar-refractivity contribution < 1.29 is 14.3 Å². The lowest BCUT2D eigenvalue weighted by Gasteiger charge is -2.16. The largest absolute Gasteiger partial charge is 0.462 e. The number of amides is 1. The fourth-order valence-electron chi connectivity index (χ4n) is 5.21. The summed E-state index contributed by atoms with van der Waals surface area (Å²) in [6.07, 6.45) is 4.61. The molecule has 214 valence electrons. The van der Waals surface area contributed by atoms with E-state index in [0.29, 0.717) is 31.5 Å². The average Bonchev–Trinajstić information content (AvgIpc) is 3.61. The SMILES string of the molecule is CCOC(=O)c1c(-c2ccc(C)cc2)csc1NC(=O)CSc1nc2scc(-c3ccc4c(c3)CCCC4)c2c(=O)[nH]1. The van der Waals surface area contributed by atoms with Gasteiger partial charge in [-0.25, -0.2) is 9.78 Å². The number of thioether (sulfide) groups is 1. The molecule has 42 heavy (non-hydrogen) atoms. The van der Waals surface area contributed by atoms with Gasteiger partial charge in [0.25, 0.3) is 5.56 Å². The van der Waals surface area contributed by atoms with Crippen LogP contribution in [0.2, 0.25) is 0 Å². The van der Waals surface area contributed by atoms with Crippen LogP contribution in [0.1, 0.15) is 46.8 Å². The zero-order valence-electron chi connectivity index (χ0n) is 23.2. The van der Waals surface area contributed by atoms with Crippen LogP contribution in [0.3, 0.4) is 0 Å². The number of hydrogen-bond donors (Lipinski definition) is 2. The van der Waals surface area contributed by atoms with Gasteiger partial charge in [0.15, 0.2) is 5.16 Å². The number of carbonyl (C=O) groups excluding carboxylic acids is 2. The van der Waals surface area contributed by atoms with E-state index in [1.54, 1.807) is 6.92 Å². The lowest BCUT2D eigenvalue weighted by molar-refractivity contribution is -0.113. The highest BCUT2D eigenvalue weighted by molar-refractivity contribution is 7.99. The third-order valence-electron chi connectivity index (χ3n) is 7.31. The van der Waals surface area contributed by atoms with E-state index in [1.807, 2.05) is 41.9 Å². The number of aromatic nitrogens is 2. The third-order valence-corrected chi connectivity index (χ3v) is 9.95.